The van der Waals surface area contributed by atoms with Gasteiger partial charge in [0.2, 0.25) is 0 Å². The SMILES string of the molecule is C=CCCCCCCCCC(=O)Oc1ccc(O)c(C=NCCNC=C(C=O)c2ccccc2)c1. The van der Waals surface area contributed by atoms with Crippen LogP contribution in [0.25, 0.3) is 5.57 Å². The zero-order valence-electron chi connectivity index (χ0n) is 20.3. The summed E-state index contributed by atoms with van der Waals surface area (Å²) in [6.45, 7) is 4.68. The minimum Gasteiger partial charge on any atom is -0.507 e. The third-order valence-corrected chi connectivity index (χ3v) is 5.38. The van der Waals surface area contributed by atoms with Gasteiger partial charge in [-0.15, -0.1) is 6.58 Å². The van der Waals surface area contributed by atoms with Crippen molar-refractivity contribution in [3.8, 4) is 11.5 Å². The highest BCUT2D eigenvalue weighted by Crippen LogP contribution is 2.22. The molecule has 6 heteroatoms. The number of benzene rings is 2. The summed E-state index contributed by atoms with van der Waals surface area (Å²) in [5.41, 5.74) is 1.88. The largest absolute Gasteiger partial charge is 0.507 e. The molecule has 0 amide bonds. The van der Waals surface area contributed by atoms with Crippen molar-refractivity contribution in [1.29, 1.82) is 0 Å². The maximum Gasteiger partial charge on any atom is 0.311 e. The molecule has 0 bridgehead atoms. The number of unbranched alkanes of at least 4 members (excludes halogenated alkanes) is 6. The van der Waals surface area contributed by atoms with Crippen LogP contribution in [0.5, 0.6) is 11.5 Å². The molecule has 0 radical (unpaired) electrons. The normalized spacial score (nSPS) is 11.4. The van der Waals surface area contributed by atoms with E-state index in [0.717, 1.165) is 37.5 Å². The molecule has 186 valence electrons. The topological polar surface area (TPSA) is 88.0 Å². The summed E-state index contributed by atoms with van der Waals surface area (Å²) in [6.07, 6.45) is 13.9. The fraction of sp³-hybridized carbons (Fsp3) is 0.345. The van der Waals surface area contributed by atoms with E-state index in [4.69, 9.17) is 4.74 Å². The molecule has 0 saturated carbocycles. The minimum absolute atomic E-state index is 0.0603. The number of rotatable bonds is 17. The molecule has 2 aromatic carbocycles. The molecule has 35 heavy (non-hydrogen) atoms. The number of carbonyl (C=O) groups excluding carboxylic acids is 2. The lowest BCUT2D eigenvalue weighted by atomic mass is 10.1. The summed E-state index contributed by atoms with van der Waals surface area (Å²) < 4.78 is 5.42. The van der Waals surface area contributed by atoms with Crippen LogP contribution in [0, 0.1) is 0 Å². The van der Waals surface area contributed by atoms with Crippen molar-refractivity contribution in [2.75, 3.05) is 13.1 Å². The minimum atomic E-state index is -0.273. The molecule has 0 heterocycles. The van der Waals surface area contributed by atoms with E-state index in [-0.39, 0.29) is 11.7 Å². The van der Waals surface area contributed by atoms with Crippen LogP contribution < -0.4 is 10.1 Å². The number of allylic oxidation sites excluding steroid dienone is 2. The molecule has 2 rings (SSSR count). The zero-order valence-corrected chi connectivity index (χ0v) is 20.3. The van der Waals surface area contributed by atoms with Gasteiger partial charge >= 0.3 is 5.97 Å². The molecule has 0 fully saturated rings. The number of phenols is 1. The van der Waals surface area contributed by atoms with E-state index in [1.807, 2.05) is 36.4 Å². The van der Waals surface area contributed by atoms with Gasteiger partial charge in [0, 0.05) is 36.5 Å². The maximum atomic E-state index is 12.1. The number of aliphatic imine (C=N–C) groups is 1. The Balaban J connectivity index is 1.72. The maximum absolute atomic E-state index is 12.1. The van der Waals surface area contributed by atoms with Gasteiger partial charge in [0.25, 0.3) is 0 Å². The first-order valence-corrected chi connectivity index (χ1v) is 12.2. The van der Waals surface area contributed by atoms with Crippen LogP contribution in [-0.2, 0) is 9.59 Å². The molecule has 0 spiro atoms. The quantitative estimate of drug-likeness (QED) is 0.0568. The predicted octanol–water partition coefficient (Wildman–Crippen LogP) is 5.85. The highest BCUT2D eigenvalue weighted by atomic mass is 16.5. The molecule has 0 saturated heterocycles. The number of nitrogens with one attached hydrogen (secondary N) is 1. The van der Waals surface area contributed by atoms with Crippen molar-refractivity contribution < 1.29 is 19.4 Å². The van der Waals surface area contributed by atoms with E-state index in [2.05, 4.69) is 16.9 Å². The van der Waals surface area contributed by atoms with Gasteiger partial charge in [-0.05, 0) is 43.0 Å². The lowest BCUT2D eigenvalue weighted by molar-refractivity contribution is -0.134. The number of aldehydes is 1. The van der Waals surface area contributed by atoms with Crippen LogP contribution in [0.15, 0.2) is 72.4 Å². The Hall–Kier alpha value is -3.67. The van der Waals surface area contributed by atoms with E-state index < -0.39 is 0 Å². The van der Waals surface area contributed by atoms with Crippen LogP contribution in [0.1, 0.15) is 62.5 Å². The van der Waals surface area contributed by atoms with Gasteiger partial charge in [-0.2, -0.15) is 0 Å². The molecule has 2 N–H and O–H groups in total. The van der Waals surface area contributed by atoms with Gasteiger partial charge in [-0.1, -0.05) is 62.1 Å². The molecular weight excluding hydrogens is 440 g/mol. The lowest BCUT2D eigenvalue weighted by Crippen LogP contribution is -2.11. The van der Waals surface area contributed by atoms with Gasteiger partial charge in [0.1, 0.15) is 11.5 Å². The Morgan fingerprint density at radius 3 is 2.51 bits per heavy atom. The van der Waals surface area contributed by atoms with Crippen molar-refractivity contribution in [2.45, 2.75) is 51.4 Å². The summed E-state index contributed by atoms with van der Waals surface area (Å²) in [4.78, 5) is 27.7. The highest BCUT2D eigenvalue weighted by molar-refractivity contribution is 6.06. The van der Waals surface area contributed by atoms with Gasteiger partial charge < -0.3 is 15.2 Å². The number of hydrogen-bond donors (Lipinski definition) is 2. The molecular formula is C29H36N2O4. The Morgan fingerprint density at radius 1 is 1.03 bits per heavy atom. The first-order valence-electron chi connectivity index (χ1n) is 12.2. The Morgan fingerprint density at radius 2 is 1.77 bits per heavy atom. The van der Waals surface area contributed by atoms with Gasteiger partial charge in [0.15, 0.2) is 6.29 Å². The van der Waals surface area contributed by atoms with Crippen molar-refractivity contribution in [1.82, 2.24) is 5.32 Å². The van der Waals surface area contributed by atoms with Crippen LogP contribution in [0.2, 0.25) is 0 Å². The first kappa shape index (κ1) is 27.6. The second kappa shape index (κ2) is 16.9. The number of phenolic OH excluding ortho intramolecular Hbond substituents is 1. The standard InChI is InChI=1S/C29H36N2O4/c1-2-3-4-5-6-7-8-12-15-29(34)35-27-16-17-28(33)25(20-27)21-30-18-19-31-22-26(23-32)24-13-10-9-11-14-24/h2,9-11,13-14,16-17,20-23,31,33H,1,3-8,12,15,18-19H2. The third-order valence-electron chi connectivity index (χ3n) is 5.38. The highest BCUT2D eigenvalue weighted by Gasteiger charge is 2.07. The molecule has 0 aliphatic carbocycles. The van der Waals surface area contributed by atoms with Crippen LogP contribution >= 0.6 is 0 Å². The smallest absolute Gasteiger partial charge is 0.311 e. The molecule has 0 unspecified atom stereocenters. The first-order chi connectivity index (χ1) is 17.1. The summed E-state index contributed by atoms with van der Waals surface area (Å²) >= 11 is 0. The van der Waals surface area contributed by atoms with Gasteiger partial charge in [0.05, 0.1) is 6.54 Å². The average Bonchev–Trinajstić information content (AvgIpc) is 2.87. The van der Waals surface area contributed by atoms with Crippen LogP contribution in [0.4, 0.5) is 0 Å². The summed E-state index contributed by atoms with van der Waals surface area (Å²) in [7, 11) is 0. The number of aromatic hydroxyl groups is 1. The zero-order chi connectivity index (χ0) is 25.1. The fourth-order valence-electron chi connectivity index (χ4n) is 3.44. The second-order valence-electron chi connectivity index (χ2n) is 8.22. The predicted molar refractivity (Wildman–Crippen MR) is 142 cm³/mol. The molecule has 0 atom stereocenters. The number of carbonyl (C=O) groups is 2. The van der Waals surface area contributed by atoms with Crippen LogP contribution in [0.3, 0.4) is 0 Å². The summed E-state index contributed by atoms with van der Waals surface area (Å²) in [5.74, 6) is 0.175. The molecule has 2 aromatic rings. The number of hydrogen-bond acceptors (Lipinski definition) is 6. The number of esters is 1. The summed E-state index contributed by atoms with van der Waals surface area (Å²) in [5, 5.41) is 13.2. The third kappa shape index (κ3) is 11.3. The van der Waals surface area contributed by atoms with E-state index >= 15 is 0 Å². The second-order valence-corrected chi connectivity index (χ2v) is 8.22. The fourth-order valence-corrected chi connectivity index (χ4v) is 3.44. The van der Waals surface area contributed by atoms with Gasteiger partial charge in [-0.3, -0.25) is 14.6 Å². The molecule has 0 aliphatic rings. The summed E-state index contributed by atoms with van der Waals surface area (Å²) in [6, 6.07) is 14.1. The molecule has 0 aromatic heterocycles. The number of ether oxygens (including phenoxy) is 1. The molecule has 6 nitrogen and oxygen atoms in total. The Labute approximate surface area is 208 Å². The monoisotopic (exact) mass is 476 g/mol. The van der Waals surface area contributed by atoms with E-state index in [1.165, 1.54) is 25.3 Å². The van der Waals surface area contributed by atoms with Crippen LogP contribution in [-0.4, -0.2) is 36.7 Å². The van der Waals surface area contributed by atoms with Crippen molar-refractivity contribution in [3.63, 3.8) is 0 Å². The Kier molecular flexibility index (Phi) is 13.3. The Bertz CT molecular complexity index is 983. The van der Waals surface area contributed by atoms with E-state index in [0.29, 0.717) is 36.4 Å². The lowest BCUT2D eigenvalue weighted by Gasteiger charge is -2.07. The van der Waals surface area contributed by atoms with Gasteiger partial charge in [-0.25, -0.2) is 0 Å². The molecule has 0 aliphatic heterocycles. The van der Waals surface area contributed by atoms with Crippen molar-refractivity contribution in [2.24, 2.45) is 4.99 Å². The van der Waals surface area contributed by atoms with E-state index in [1.54, 1.807) is 24.5 Å². The van der Waals surface area contributed by atoms with Crippen molar-refractivity contribution >= 4 is 24.0 Å². The average molecular weight is 477 g/mol. The van der Waals surface area contributed by atoms with E-state index in [9.17, 15) is 14.7 Å². The van der Waals surface area contributed by atoms with Crippen molar-refractivity contribution in [3.05, 3.63) is 78.5 Å². The number of nitrogens with zero attached hydrogens (tertiary/aromatic N) is 1.